The van der Waals surface area contributed by atoms with E-state index in [4.69, 9.17) is 9.97 Å². The highest BCUT2D eigenvalue weighted by Crippen LogP contribution is 2.38. The standard InChI is InChI=1S/C58H38N4/c1-4-14-41(15-5-1)52-38-53(42-16-6-2-7-17-42)60-58(59-52)43-26-24-39(25-27-43)44-30-34-51-49-21-11-13-23-55(49)62(57(51)36-44)47-32-28-40(29-33-47)45-31-35-50-48-20-10-12-22-54(48)61(56(50)37-45)46-18-8-3-9-19-46/h1-38H. The van der Waals surface area contributed by atoms with Crippen LogP contribution >= 0.6 is 0 Å². The minimum absolute atomic E-state index is 0.703. The second kappa shape index (κ2) is 14.7. The molecule has 3 heterocycles. The van der Waals surface area contributed by atoms with Crippen molar-refractivity contribution in [3.8, 4) is 67.5 Å². The lowest BCUT2D eigenvalue weighted by Gasteiger charge is -2.12. The summed E-state index contributed by atoms with van der Waals surface area (Å²) in [7, 11) is 0. The summed E-state index contributed by atoms with van der Waals surface area (Å²) in [6.07, 6.45) is 0. The molecular formula is C58H38N4. The number of fused-ring (bicyclic) bond motifs is 6. The molecule has 0 saturated carbocycles. The van der Waals surface area contributed by atoms with Crippen LogP contribution in [-0.4, -0.2) is 19.1 Å². The first-order valence-corrected chi connectivity index (χ1v) is 21.1. The van der Waals surface area contributed by atoms with Gasteiger partial charge in [-0.05, 0) is 76.9 Å². The molecule has 290 valence electrons. The predicted octanol–water partition coefficient (Wildman–Crippen LogP) is 15.0. The highest BCUT2D eigenvalue weighted by molar-refractivity contribution is 6.11. The number of aromatic nitrogens is 4. The molecule has 9 aromatic carbocycles. The van der Waals surface area contributed by atoms with Crippen molar-refractivity contribution in [1.82, 2.24) is 19.1 Å². The van der Waals surface area contributed by atoms with Crippen molar-refractivity contribution in [3.05, 3.63) is 231 Å². The van der Waals surface area contributed by atoms with Crippen LogP contribution in [0.3, 0.4) is 0 Å². The van der Waals surface area contributed by atoms with Gasteiger partial charge in [-0.15, -0.1) is 0 Å². The van der Waals surface area contributed by atoms with E-state index in [2.05, 4.69) is 203 Å². The molecule has 0 spiro atoms. The van der Waals surface area contributed by atoms with Crippen molar-refractivity contribution in [2.45, 2.75) is 0 Å². The highest BCUT2D eigenvalue weighted by atomic mass is 15.0. The van der Waals surface area contributed by atoms with Crippen molar-refractivity contribution in [2.75, 3.05) is 0 Å². The summed E-state index contributed by atoms with van der Waals surface area (Å²) in [4.78, 5) is 10.1. The summed E-state index contributed by atoms with van der Waals surface area (Å²) >= 11 is 0. The van der Waals surface area contributed by atoms with Crippen molar-refractivity contribution in [3.63, 3.8) is 0 Å². The van der Waals surface area contributed by atoms with Gasteiger partial charge in [-0.2, -0.15) is 0 Å². The summed E-state index contributed by atoms with van der Waals surface area (Å²) in [5.41, 5.74) is 16.6. The number of benzene rings is 9. The van der Waals surface area contributed by atoms with Crippen LogP contribution in [0.2, 0.25) is 0 Å². The van der Waals surface area contributed by atoms with E-state index in [0.29, 0.717) is 5.82 Å². The molecule has 0 saturated heterocycles. The van der Waals surface area contributed by atoms with Crippen molar-refractivity contribution < 1.29 is 0 Å². The summed E-state index contributed by atoms with van der Waals surface area (Å²) in [6.45, 7) is 0. The second-order valence-electron chi connectivity index (χ2n) is 15.8. The molecule has 3 aromatic heterocycles. The Balaban J connectivity index is 0.915. The first-order valence-electron chi connectivity index (χ1n) is 21.1. The van der Waals surface area contributed by atoms with E-state index in [1.54, 1.807) is 0 Å². The van der Waals surface area contributed by atoms with Gasteiger partial charge < -0.3 is 9.13 Å². The van der Waals surface area contributed by atoms with E-state index in [1.807, 2.05) is 36.4 Å². The molecule has 0 aliphatic carbocycles. The van der Waals surface area contributed by atoms with Crippen LogP contribution in [0, 0.1) is 0 Å². The van der Waals surface area contributed by atoms with Crippen molar-refractivity contribution >= 4 is 43.6 Å². The van der Waals surface area contributed by atoms with Gasteiger partial charge in [-0.3, -0.25) is 0 Å². The van der Waals surface area contributed by atoms with Gasteiger partial charge in [0, 0.05) is 49.6 Å². The number of hydrogen-bond acceptors (Lipinski definition) is 2. The third-order valence-corrected chi connectivity index (χ3v) is 12.2. The van der Waals surface area contributed by atoms with E-state index < -0.39 is 0 Å². The Bertz CT molecular complexity index is 3530. The second-order valence-corrected chi connectivity index (χ2v) is 15.8. The topological polar surface area (TPSA) is 35.6 Å². The fourth-order valence-corrected chi connectivity index (χ4v) is 9.14. The third kappa shape index (κ3) is 6.08. The molecular weight excluding hydrogens is 753 g/mol. The van der Waals surface area contributed by atoms with Crippen LogP contribution in [-0.2, 0) is 0 Å². The van der Waals surface area contributed by atoms with Crippen LogP contribution < -0.4 is 0 Å². The van der Waals surface area contributed by atoms with Crippen LogP contribution in [0.1, 0.15) is 0 Å². The fourth-order valence-electron chi connectivity index (χ4n) is 9.14. The van der Waals surface area contributed by atoms with Crippen LogP contribution in [0.5, 0.6) is 0 Å². The molecule has 0 radical (unpaired) electrons. The largest absolute Gasteiger partial charge is 0.309 e. The Hall–Kier alpha value is -8.34. The molecule has 0 unspecified atom stereocenters. The molecule has 4 nitrogen and oxygen atoms in total. The highest BCUT2D eigenvalue weighted by Gasteiger charge is 2.17. The molecule has 0 amide bonds. The molecule has 62 heavy (non-hydrogen) atoms. The van der Waals surface area contributed by atoms with Crippen molar-refractivity contribution in [1.29, 1.82) is 0 Å². The molecule has 0 bridgehead atoms. The Morgan fingerprint density at radius 1 is 0.242 bits per heavy atom. The molecule has 12 aromatic rings. The van der Waals surface area contributed by atoms with Gasteiger partial charge in [0.2, 0.25) is 0 Å². The monoisotopic (exact) mass is 790 g/mol. The van der Waals surface area contributed by atoms with Gasteiger partial charge >= 0.3 is 0 Å². The Kier molecular flexibility index (Phi) is 8.46. The maximum Gasteiger partial charge on any atom is 0.160 e. The maximum atomic E-state index is 5.06. The smallest absolute Gasteiger partial charge is 0.160 e. The first-order chi connectivity index (χ1) is 30.7. The normalized spacial score (nSPS) is 11.5. The zero-order chi connectivity index (χ0) is 41.0. The zero-order valence-electron chi connectivity index (χ0n) is 33.7. The van der Waals surface area contributed by atoms with E-state index in [0.717, 1.165) is 50.6 Å². The number of rotatable bonds is 7. The summed E-state index contributed by atoms with van der Waals surface area (Å²) in [5, 5.41) is 4.97. The Morgan fingerprint density at radius 3 is 1.11 bits per heavy atom. The molecule has 0 atom stereocenters. The molecule has 0 aliphatic rings. The third-order valence-electron chi connectivity index (χ3n) is 12.2. The van der Waals surface area contributed by atoms with Crippen LogP contribution in [0.4, 0.5) is 0 Å². The van der Waals surface area contributed by atoms with Gasteiger partial charge in [-0.1, -0.05) is 176 Å². The number of para-hydroxylation sites is 3. The predicted molar refractivity (Wildman–Crippen MR) is 258 cm³/mol. The van der Waals surface area contributed by atoms with Crippen molar-refractivity contribution in [2.24, 2.45) is 0 Å². The summed E-state index contributed by atoms with van der Waals surface area (Å²) in [5.74, 6) is 0.703. The molecule has 0 aliphatic heterocycles. The van der Waals surface area contributed by atoms with Gasteiger partial charge in [0.1, 0.15) is 0 Å². The maximum absolute atomic E-state index is 5.06. The Morgan fingerprint density at radius 2 is 0.613 bits per heavy atom. The van der Waals surface area contributed by atoms with Gasteiger partial charge in [0.05, 0.1) is 33.5 Å². The van der Waals surface area contributed by atoms with Gasteiger partial charge in [-0.25, -0.2) is 9.97 Å². The first kappa shape index (κ1) is 35.6. The average Bonchev–Trinajstić information content (AvgIpc) is 3.87. The van der Waals surface area contributed by atoms with E-state index >= 15 is 0 Å². The molecule has 4 heteroatoms. The Labute approximate surface area is 359 Å². The number of hydrogen-bond donors (Lipinski definition) is 0. The average molecular weight is 791 g/mol. The molecule has 0 N–H and O–H groups in total. The molecule has 12 rings (SSSR count). The zero-order valence-corrected chi connectivity index (χ0v) is 33.7. The lowest BCUT2D eigenvalue weighted by molar-refractivity contribution is 1.18. The van der Waals surface area contributed by atoms with Gasteiger partial charge in [0.25, 0.3) is 0 Å². The van der Waals surface area contributed by atoms with Crippen LogP contribution in [0.25, 0.3) is 111 Å². The SMILES string of the molecule is c1ccc(-c2cc(-c3ccccc3)nc(-c3ccc(-c4ccc5c6ccccc6n(-c6ccc(-c7ccc8c9ccccc9n(-c9ccccc9)c8c7)cc6)c5c4)cc3)n2)cc1. The quantitative estimate of drug-likeness (QED) is 0.161. The van der Waals surface area contributed by atoms with E-state index in [-0.39, 0.29) is 0 Å². The van der Waals surface area contributed by atoms with Crippen LogP contribution in [0.15, 0.2) is 231 Å². The summed E-state index contributed by atoms with van der Waals surface area (Å²) < 4.78 is 4.78. The minimum Gasteiger partial charge on any atom is -0.309 e. The lowest BCUT2D eigenvalue weighted by Crippen LogP contribution is -1.96. The summed E-state index contributed by atoms with van der Waals surface area (Å²) in [6, 6.07) is 82.2. The minimum atomic E-state index is 0.703. The number of nitrogens with zero attached hydrogens (tertiary/aromatic N) is 4. The van der Waals surface area contributed by atoms with E-state index in [9.17, 15) is 0 Å². The molecule has 0 fully saturated rings. The lowest BCUT2D eigenvalue weighted by atomic mass is 10.0. The fraction of sp³-hybridized carbons (Fsp3) is 0. The van der Waals surface area contributed by atoms with E-state index in [1.165, 1.54) is 54.7 Å². The van der Waals surface area contributed by atoms with Gasteiger partial charge in [0.15, 0.2) is 5.82 Å².